The number of hydrogen-bond donors (Lipinski definition) is 1. The van der Waals surface area contributed by atoms with Gasteiger partial charge in [0.05, 0.1) is 16.6 Å². The third-order valence-electron chi connectivity index (χ3n) is 2.69. The van der Waals surface area contributed by atoms with Gasteiger partial charge in [0.2, 0.25) is 0 Å². The molecule has 2 aromatic carbocycles. The second-order valence-electron chi connectivity index (χ2n) is 4.03. The van der Waals surface area contributed by atoms with Crippen molar-refractivity contribution in [2.75, 3.05) is 0 Å². The van der Waals surface area contributed by atoms with Gasteiger partial charge in [0, 0.05) is 0 Å². The first-order valence-corrected chi connectivity index (χ1v) is 6.46. The molecule has 0 amide bonds. The lowest BCUT2D eigenvalue weighted by Gasteiger charge is -2.10. The highest BCUT2D eigenvalue weighted by molar-refractivity contribution is 9.10. The first-order chi connectivity index (χ1) is 9.52. The van der Waals surface area contributed by atoms with Crippen LogP contribution in [0.15, 0.2) is 34.8 Å². The Bertz CT molecular complexity index is 632. The van der Waals surface area contributed by atoms with E-state index in [1.807, 2.05) is 0 Å². The highest BCUT2D eigenvalue weighted by atomic mass is 79.9. The van der Waals surface area contributed by atoms with E-state index in [1.54, 1.807) is 0 Å². The highest BCUT2D eigenvalue weighted by Gasteiger charge is 2.14. The van der Waals surface area contributed by atoms with Crippen molar-refractivity contribution >= 4 is 15.9 Å². The van der Waals surface area contributed by atoms with Crippen LogP contribution < -0.4 is 4.74 Å². The molecule has 0 radical (unpaired) electrons. The molecule has 2 nitrogen and oxygen atoms in total. The Morgan fingerprint density at radius 1 is 1.05 bits per heavy atom. The van der Waals surface area contributed by atoms with E-state index in [4.69, 9.17) is 9.84 Å². The van der Waals surface area contributed by atoms with Gasteiger partial charge in [-0.25, -0.2) is 13.2 Å². The lowest BCUT2D eigenvalue weighted by atomic mass is 10.2. The molecule has 106 valence electrons. The van der Waals surface area contributed by atoms with Gasteiger partial charge in [-0.2, -0.15) is 0 Å². The normalized spacial score (nSPS) is 10.7. The van der Waals surface area contributed by atoms with Gasteiger partial charge in [0.25, 0.3) is 0 Å². The Labute approximate surface area is 121 Å². The zero-order chi connectivity index (χ0) is 14.7. The van der Waals surface area contributed by atoms with Crippen molar-refractivity contribution in [2.45, 2.75) is 13.2 Å². The third kappa shape index (κ3) is 3.13. The molecule has 0 aromatic heterocycles. The van der Waals surface area contributed by atoms with Gasteiger partial charge in [-0.15, -0.1) is 0 Å². The molecule has 20 heavy (non-hydrogen) atoms. The van der Waals surface area contributed by atoms with Gasteiger partial charge in [0.15, 0.2) is 11.6 Å². The number of aliphatic hydroxyl groups excluding tert-OH is 1. The van der Waals surface area contributed by atoms with Crippen LogP contribution in [-0.2, 0) is 13.2 Å². The SMILES string of the molecule is OCc1ccc(OCc2c(F)ccc(Br)c2F)c(F)c1. The van der Waals surface area contributed by atoms with Crippen LogP contribution in [0, 0.1) is 17.5 Å². The molecule has 0 aliphatic heterocycles. The van der Waals surface area contributed by atoms with E-state index in [1.165, 1.54) is 18.2 Å². The number of aliphatic hydroxyl groups is 1. The summed E-state index contributed by atoms with van der Waals surface area (Å²) < 4.78 is 45.9. The molecule has 0 unspecified atom stereocenters. The average Bonchev–Trinajstić information content (AvgIpc) is 2.44. The summed E-state index contributed by atoms with van der Waals surface area (Å²) in [5.74, 6) is -2.39. The van der Waals surface area contributed by atoms with Crippen LogP contribution in [-0.4, -0.2) is 5.11 Å². The summed E-state index contributed by atoms with van der Waals surface area (Å²) in [6.07, 6.45) is 0. The average molecular weight is 347 g/mol. The summed E-state index contributed by atoms with van der Waals surface area (Å²) in [4.78, 5) is 0. The van der Waals surface area contributed by atoms with Crippen molar-refractivity contribution in [1.82, 2.24) is 0 Å². The standard InChI is InChI=1S/C14H10BrF3O2/c15-10-2-3-11(16)9(14(10)18)7-20-13-4-1-8(6-19)5-12(13)17/h1-5,19H,6-7H2. The zero-order valence-corrected chi connectivity index (χ0v) is 11.8. The van der Waals surface area contributed by atoms with Crippen molar-refractivity contribution in [1.29, 1.82) is 0 Å². The molecular formula is C14H10BrF3O2. The lowest BCUT2D eigenvalue weighted by Crippen LogP contribution is -2.04. The minimum Gasteiger partial charge on any atom is -0.486 e. The van der Waals surface area contributed by atoms with Crippen LogP contribution in [0.3, 0.4) is 0 Å². The van der Waals surface area contributed by atoms with Crippen molar-refractivity contribution < 1.29 is 23.0 Å². The summed E-state index contributed by atoms with van der Waals surface area (Å²) in [7, 11) is 0. The molecule has 0 saturated heterocycles. The van der Waals surface area contributed by atoms with Gasteiger partial charge in [-0.1, -0.05) is 6.07 Å². The molecule has 0 saturated carbocycles. The predicted octanol–water partition coefficient (Wildman–Crippen LogP) is 3.94. The van der Waals surface area contributed by atoms with Gasteiger partial charge in [-0.05, 0) is 45.8 Å². The zero-order valence-electron chi connectivity index (χ0n) is 10.2. The summed E-state index contributed by atoms with van der Waals surface area (Å²) in [5, 5.41) is 8.85. The minimum absolute atomic E-state index is 0.105. The Morgan fingerprint density at radius 2 is 1.80 bits per heavy atom. The number of halogens is 4. The minimum atomic E-state index is -0.780. The summed E-state index contributed by atoms with van der Waals surface area (Å²) >= 11 is 2.94. The lowest BCUT2D eigenvalue weighted by molar-refractivity contribution is 0.272. The van der Waals surface area contributed by atoms with Crippen LogP contribution in [0.2, 0.25) is 0 Å². The second kappa shape index (κ2) is 6.28. The van der Waals surface area contributed by atoms with Crippen molar-refractivity contribution in [3.63, 3.8) is 0 Å². The van der Waals surface area contributed by atoms with E-state index in [9.17, 15) is 13.2 Å². The van der Waals surface area contributed by atoms with E-state index in [0.29, 0.717) is 5.56 Å². The van der Waals surface area contributed by atoms with Crippen LogP contribution >= 0.6 is 15.9 Å². The van der Waals surface area contributed by atoms with E-state index in [-0.39, 0.29) is 22.4 Å². The van der Waals surface area contributed by atoms with Crippen molar-refractivity contribution in [3.05, 3.63) is 63.4 Å². The summed E-state index contributed by atoms with van der Waals surface area (Å²) in [5.41, 5.74) is 0.0969. The molecule has 2 aromatic rings. The maximum absolute atomic E-state index is 13.7. The van der Waals surface area contributed by atoms with Crippen LogP contribution in [0.5, 0.6) is 5.75 Å². The monoisotopic (exact) mass is 346 g/mol. The van der Waals surface area contributed by atoms with Crippen molar-refractivity contribution in [3.8, 4) is 5.75 Å². The van der Waals surface area contributed by atoms with E-state index in [0.717, 1.165) is 12.1 Å². The van der Waals surface area contributed by atoms with Crippen LogP contribution in [0.25, 0.3) is 0 Å². The number of ether oxygens (including phenoxy) is 1. The maximum Gasteiger partial charge on any atom is 0.165 e. The molecule has 2 rings (SSSR count). The largest absolute Gasteiger partial charge is 0.486 e. The smallest absolute Gasteiger partial charge is 0.165 e. The fourth-order valence-corrected chi connectivity index (χ4v) is 1.98. The first-order valence-electron chi connectivity index (χ1n) is 5.67. The Kier molecular flexibility index (Phi) is 4.67. The molecule has 1 N–H and O–H groups in total. The predicted molar refractivity (Wildman–Crippen MR) is 70.7 cm³/mol. The van der Waals surface area contributed by atoms with Gasteiger partial charge < -0.3 is 9.84 Å². The van der Waals surface area contributed by atoms with E-state index >= 15 is 0 Å². The molecule has 0 aliphatic rings. The molecule has 0 heterocycles. The fraction of sp³-hybridized carbons (Fsp3) is 0.143. The van der Waals surface area contributed by atoms with Crippen molar-refractivity contribution in [2.24, 2.45) is 0 Å². The Morgan fingerprint density at radius 3 is 2.45 bits per heavy atom. The Balaban J connectivity index is 2.19. The molecule has 6 heteroatoms. The molecule has 0 bridgehead atoms. The molecule has 0 atom stereocenters. The second-order valence-corrected chi connectivity index (χ2v) is 4.89. The van der Waals surface area contributed by atoms with E-state index in [2.05, 4.69) is 15.9 Å². The van der Waals surface area contributed by atoms with Gasteiger partial charge in [-0.3, -0.25) is 0 Å². The quantitative estimate of drug-likeness (QED) is 0.849. The van der Waals surface area contributed by atoms with Crippen LogP contribution in [0.4, 0.5) is 13.2 Å². The topological polar surface area (TPSA) is 29.5 Å². The van der Waals surface area contributed by atoms with Gasteiger partial charge >= 0.3 is 0 Å². The maximum atomic E-state index is 13.7. The number of rotatable bonds is 4. The number of benzene rings is 2. The summed E-state index contributed by atoms with van der Waals surface area (Å²) in [6.45, 7) is -0.738. The Hall–Kier alpha value is -1.53. The van der Waals surface area contributed by atoms with E-state index < -0.39 is 24.1 Å². The summed E-state index contributed by atoms with van der Waals surface area (Å²) in [6, 6.07) is 6.20. The third-order valence-corrected chi connectivity index (χ3v) is 3.30. The molecule has 0 aliphatic carbocycles. The molecule has 0 fully saturated rings. The first kappa shape index (κ1) is 14.9. The van der Waals surface area contributed by atoms with Gasteiger partial charge in [0.1, 0.15) is 18.2 Å². The van der Waals surface area contributed by atoms with Crippen LogP contribution in [0.1, 0.15) is 11.1 Å². The molecular weight excluding hydrogens is 337 g/mol. The number of hydrogen-bond acceptors (Lipinski definition) is 2. The highest BCUT2D eigenvalue weighted by Crippen LogP contribution is 2.24. The molecule has 0 spiro atoms. The fourth-order valence-electron chi connectivity index (χ4n) is 1.61.